The highest BCUT2D eigenvalue weighted by atomic mass is 79.9. The Hall–Kier alpha value is -0.730. The second-order valence-electron chi connectivity index (χ2n) is 4.33. The van der Waals surface area contributed by atoms with Crippen LogP contribution in [-0.4, -0.2) is 37.2 Å². The van der Waals surface area contributed by atoms with E-state index in [4.69, 9.17) is 0 Å². The number of nitrogens with zero attached hydrogens (tertiary/aromatic N) is 2. The highest BCUT2D eigenvalue weighted by Crippen LogP contribution is 2.17. The van der Waals surface area contributed by atoms with E-state index in [9.17, 15) is 8.42 Å². The predicted molar refractivity (Wildman–Crippen MR) is 79.8 cm³/mol. The number of nitrogens with one attached hydrogen (secondary N) is 2. The van der Waals surface area contributed by atoms with Crippen LogP contribution in [0.4, 0.5) is 5.82 Å². The summed E-state index contributed by atoms with van der Waals surface area (Å²) in [5.41, 5.74) is 0. The Labute approximate surface area is 122 Å². The van der Waals surface area contributed by atoms with E-state index in [1.165, 1.54) is 0 Å². The fraction of sp³-hybridized carbons (Fsp3) is 0.636. The number of aromatic nitrogens is 2. The Morgan fingerprint density at radius 2 is 2.05 bits per heavy atom. The second-order valence-corrected chi connectivity index (χ2v) is 7.07. The molecule has 0 atom stereocenters. The van der Waals surface area contributed by atoms with E-state index >= 15 is 0 Å². The average molecular weight is 351 g/mol. The Balaban J connectivity index is 2.63. The zero-order valence-electron chi connectivity index (χ0n) is 11.3. The van der Waals surface area contributed by atoms with Crippen molar-refractivity contribution in [1.29, 1.82) is 0 Å². The molecular weight excluding hydrogens is 332 g/mol. The summed E-state index contributed by atoms with van der Waals surface area (Å²) in [7, 11) is -3.21. The molecule has 1 rings (SSSR count). The molecule has 1 heterocycles. The SMILES string of the molecule is CCNS(=O)(=O)CCNc1cc(Br)nc(C(C)C)n1. The van der Waals surface area contributed by atoms with Gasteiger partial charge in [-0.05, 0) is 15.9 Å². The number of halogens is 1. The average Bonchev–Trinajstić information content (AvgIpc) is 2.27. The number of hydrogen-bond donors (Lipinski definition) is 2. The predicted octanol–water partition coefficient (Wildman–Crippen LogP) is 1.71. The maximum atomic E-state index is 11.5. The van der Waals surface area contributed by atoms with Gasteiger partial charge in [0.1, 0.15) is 16.2 Å². The lowest BCUT2D eigenvalue weighted by molar-refractivity contribution is 0.584. The van der Waals surface area contributed by atoms with Crippen LogP contribution in [0.1, 0.15) is 32.5 Å². The van der Waals surface area contributed by atoms with Crippen molar-refractivity contribution >= 4 is 31.8 Å². The van der Waals surface area contributed by atoms with E-state index in [1.807, 2.05) is 13.8 Å². The van der Waals surface area contributed by atoms with Crippen LogP contribution in [0.2, 0.25) is 0 Å². The van der Waals surface area contributed by atoms with E-state index in [1.54, 1.807) is 13.0 Å². The Morgan fingerprint density at radius 1 is 1.37 bits per heavy atom. The van der Waals surface area contributed by atoms with Crippen molar-refractivity contribution in [2.24, 2.45) is 0 Å². The van der Waals surface area contributed by atoms with E-state index in [2.05, 4.69) is 35.9 Å². The third-order valence-corrected chi connectivity index (χ3v) is 4.15. The number of sulfonamides is 1. The van der Waals surface area contributed by atoms with Crippen LogP contribution in [0, 0.1) is 0 Å². The van der Waals surface area contributed by atoms with Gasteiger partial charge < -0.3 is 5.32 Å². The maximum absolute atomic E-state index is 11.5. The minimum Gasteiger partial charge on any atom is -0.369 e. The van der Waals surface area contributed by atoms with Crippen molar-refractivity contribution in [3.05, 3.63) is 16.5 Å². The molecule has 0 radical (unpaired) electrons. The molecule has 1 aromatic rings. The summed E-state index contributed by atoms with van der Waals surface area (Å²) >= 11 is 3.32. The summed E-state index contributed by atoms with van der Waals surface area (Å²) in [4.78, 5) is 8.59. The van der Waals surface area contributed by atoms with Crippen LogP contribution in [0.5, 0.6) is 0 Å². The molecular formula is C11H19BrN4O2S. The molecule has 0 aromatic carbocycles. The van der Waals surface area contributed by atoms with Crippen molar-refractivity contribution in [3.8, 4) is 0 Å². The van der Waals surface area contributed by atoms with E-state index in [-0.39, 0.29) is 11.7 Å². The summed E-state index contributed by atoms with van der Waals surface area (Å²) in [5.74, 6) is 1.56. The van der Waals surface area contributed by atoms with Gasteiger partial charge in [-0.15, -0.1) is 0 Å². The molecule has 0 bridgehead atoms. The van der Waals surface area contributed by atoms with Crippen LogP contribution in [0.15, 0.2) is 10.7 Å². The standard InChI is InChI=1S/C11H19BrN4O2S/c1-4-14-19(17,18)6-5-13-10-7-9(12)15-11(16-10)8(2)3/h7-8,14H,4-6H2,1-3H3,(H,13,15,16). The van der Waals surface area contributed by atoms with Gasteiger partial charge in [0, 0.05) is 25.1 Å². The monoisotopic (exact) mass is 350 g/mol. The van der Waals surface area contributed by atoms with Crippen molar-refractivity contribution in [3.63, 3.8) is 0 Å². The lowest BCUT2D eigenvalue weighted by Crippen LogP contribution is -2.29. The fourth-order valence-corrected chi connectivity index (χ4v) is 2.74. The molecule has 0 fully saturated rings. The zero-order chi connectivity index (χ0) is 14.5. The first-order valence-corrected chi connectivity index (χ1v) is 8.54. The normalized spacial score (nSPS) is 11.8. The Morgan fingerprint density at radius 3 is 2.63 bits per heavy atom. The van der Waals surface area contributed by atoms with E-state index in [0.29, 0.717) is 29.3 Å². The Bertz CT molecular complexity index is 519. The number of rotatable bonds is 7. The van der Waals surface area contributed by atoms with Gasteiger partial charge in [0.15, 0.2) is 0 Å². The molecule has 0 spiro atoms. The van der Waals surface area contributed by atoms with E-state index in [0.717, 1.165) is 0 Å². The smallest absolute Gasteiger partial charge is 0.213 e. The molecule has 0 amide bonds. The maximum Gasteiger partial charge on any atom is 0.213 e. The molecule has 6 nitrogen and oxygen atoms in total. The summed E-state index contributed by atoms with van der Waals surface area (Å²) in [6.45, 7) is 6.46. The first-order valence-electron chi connectivity index (χ1n) is 6.09. The molecule has 108 valence electrons. The van der Waals surface area contributed by atoms with Gasteiger partial charge in [0.05, 0.1) is 5.75 Å². The van der Waals surface area contributed by atoms with Gasteiger partial charge in [-0.2, -0.15) is 0 Å². The van der Waals surface area contributed by atoms with Gasteiger partial charge in [-0.3, -0.25) is 0 Å². The number of anilines is 1. The molecule has 19 heavy (non-hydrogen) atoms. The molecule has 1 aromatic heterocycles. The van der Waals surface area contributed by atoms with Gasteiger partial charge in [0.25, 0.3) is 0 Å². The largest absolute Gasteiger partial charge is 0.369 e. The van der Waals surface area contributed by atoms with Gasteiger partial charge in [-0.1, -0.05) is 20.8 Å². The topological polar surface area (TPSA) is 84.0 Å². The van der Waals surface area contributed by atoms with E-state index < -0.39 is 10.0 Å². The highest BCUT2D eigenvalue weighted by molar-refractivity contribution is 9.10. The molecule has 0 unspecified atom stereocenters. The van der Waals surface area contributed by atoms with Gasteiger partial charge in [-0.25, -0.2) is 23.1 Å². The lowest BCUT2D eigenvalue weighted by Gasteiger charge is -2.10. The highest BCUT2D eigenvalue weighted by Gasteiger charge is 2.09. The summed E-state index contributed by atoms with van der Waals surface area (Å²) < 4.78 is 26.1. The minimum absolute atomic E-state index is 0.0134. The Kier molecular flexibility index (Phi) is 6.15. The minimum atomic E-state index is -3.21. The summed E-state index contributed by atoms with van der Waals surface area (Å²) in [5, 5.41) is 2.99. The van der Waals surface area contributed by atoms with Crippen LogP contribution < -0.4 is 10.0 Å². The molecule has 2 N–H and O–H groups in total. The first kappa shape index (κ1) is 16.3. The third-order valence-electron chi connectivity index (χ3n) is 2.27. The lowest BCUT2D eigenvalue weighted by atomic mass is 10.2. The van der Waals surface area contributed by atoms with Crippen LogP contribution in [0.3, 0.4) is 0 Å². The van der Waals surface area contributed by atoms with Gasteiger partial charge >= 0.3 is 0 Å². The molecule has 0 aliphatic carbocycles. The molecule has 0 aliphatic rings. The van der Waals surface area contributed by atoms with Crippen molar-refractivity contribution in [2.75, 3.05) is 24.2 Å². The molecule has 0 saturated carbocycles. The zero-order valence-corrected chi connectivity index (χ0v) is 13.7. The number of hydrogen-bond acceptors (Lipinski definition) is 5. The summed E-state index contributed by atoms with van der Waals surface area (Å²) in [6.07, 6.45) is 0. The second kappa shape index (κ2) is 7.16. The van der Waals surface area contributed by atoms with Crippen molar-refractivity contribution in [1.82, 2.24) is 14.7 Å². The van der Waals surface area contributed by atoms with Crippen LogP contribution in [-0.2, 0) is 10.0 Å². The first-order chi connectivity index (χ1) is 8.84. The van der Waals surface area contributed by atoms with Gasteiger partial charge in [0.2, 0.25) is 10.0 Å². The third kappa shape index (κ3) is 5.84. The van der Waals surface area contributed by atoms with Crippen molar-refractivity contribution in [2.45, 2.75) is 26.7 Å². The van der Waals surface area contributed by atoms with Crippen LogP contribution in [0.25, 0.3) is 0 Å². The van der Waals surface area contributed by atoms with Crippen LogP contribution >= 0.6 is 15.9 Å². The van der Waals surface area contributed by atoms with Crippen molar-refractivity contribution < 1.29 is 8.42 Å². The molecule has 0 aliphatic heterocycles. The molecule has 0 saturated heterocycles. The summed E-state index contributed by atoms with van der Waals surface area (Å²) in [6, 6.07) is 1.73. The molecule has 8 heteroatoms. The quantitative estimate of drug-likeness (QED) is 0.731. The fourth-order valence-electron chi connectivity index (χ4n) is 1.39.